The number of hydrogen-bond acceptors (Lipinski definition) is 2. The third kappa shape index (κ3) is 18.1. The van der Waals surface area contributed by atoms with Gasteiger partial charge in [-0.3, -0.25) is 0 Å². The summed E-state index contributed by atoms with van der Waals surface area (Å²) in [4.78, 5) is 7.85. The predicted molar refractivity (Wildman–Crippen MR) is 81.5 cm³/mol. The SMILES string of the molecule is Brc1ccnc(Br)c1.Brc1ccnc(Br)c1.[Cl-].[Cl-].[Cl-].[Cl-].[Cu+2].[H+].[H+]. The average Bonchev–Trinajstić information content (AvgIpc) is 2.17. The topological polar surface area (TPSA) is 25.8 Å². The zero-order chi connectivity index (χ0) is 12.0. The number of hydrogen-bond donors (Lipinski definition) is 0. The van der Waals surface area contributed by atoms with E-state index >= 15 is 0 Å². The first-order valence-electron chi connectivity index (χ1n) is 4.12. The van der Waals surface area contributed by atoms with Gasteiger partial charge in [0.1, 0.15) is 9.21 Å². The minimum absolute atomic E-state index is 0. The van der Waals surface area contributed by atoms with Crippen LogP contribution in [-0.2, 0) is 17.1 Å². The first-order chi connectivity index (χ1) is 7.58. The molecule has 0 aliphatic heterocycles. The summed E-state index contributed by atoms with van der Waals surface area (Å²) < 4.78 is 3.79. The Hall–Kier alpha value is 1.90. The van der Waals surface area contributed by atoms with Crippen molar-refractivity contribution in [2.45, 2.75) is 0 Å². The molecule has 0 saturated carbocycles. The molecule has 2 rings (SSSR count). The van der Waals surface area contributed by atoms with Gasteiger partial charge in [-0.2, -0.15) is 0 Å². The molecule has 0 aromatic carbocycles. The van der Waals surface area contributed by atoms with Crippen LogP contribution in [0.2, 0.25) is 0 Å². The molecule has 0 spiro atoms. The fourth-order valence-electron chi connectivity index (χ4n) is 0.758. The van der Waals surface area contributed by atoms with Crippen molar-refractivity contribution in [3.63, 3.8) is 0 Å². The van der Waals surface area contributed by atoms with Gasteiger partial charge >= 0.3 is 19.9 Å². The van der Waals surface area contributed by atoms with Crippen molar-refractivity contribution < 1.29 is 69.6 Å². The van der Waals surface area contributed by atoms with E-state index in [4.69, 9.17) is 0 Å². The number of nitrogens with zero attached hydrogens (tertiary/aromatic N) is 2. The van der Waals surface area contributed by atoms with Crippen molar-refractivity contribution in [3.8, 4) is 0 Å². The predicted octanol–water partition coefficient (Wildman–Crippen LogP) is -6.55. The van der Waals surface area contributed by atoms with Crippen LogP contribution in [-0.4, -0.2) is 9.97 Å². The Morgan fingerprint density at radius 1 is 0.667 bits per heavy atom. The zero-order valence-corrected chi connectivity index (χ0v) is 20.0. The van der Waals surface area contributed by atoms with Gasteiger partial charge in [-0.05, 0) is 56.1 Å². The van der Waals surface area contributed by atoms with Crippen molar-refractivity contribution in [2.75, 3.05) is 0 Å². The Bertz CT molecular complexity index is 414. The van der Waals surface area contributed by atoms with Gasteiger partial charge in [0.15, 0.2) is 0 Å². The molecule has 0 fully saturated rings. The summed E-state index contributed by atoms with van der Waals surface area (Å²) in [6.07, 6.45) is 3.46. The largest absolute Gasteiger partial charge is 2.00 e. The molecule has 0 atom stereocenters. The van der Waals surface area contributed by atoms with Gasteiger partial charge in [-0.25, -0.2) is 9.97 Å². The quantitative estimate of drug-likeness (QED) is 0.205. The third-order valence-electron chi connectivity index (χ3n) is 1.38. The third-order valence-corrected chi connectivity index (χ3v) is 3.23. The summed E-state index contributed by atoms with van der Waals surface area (Å²) >= 11 is 13.0. The van der Waals surface area contributed by atoms with E-state index in [1.165, 1.54) is 0 Å². The normalized spacial score (nSPS) is 7.05. The number of halogens is 8. The molecule has 0 unspecified atom stereocenters. The molecule has 0 saturated heterocycles. The van der Waals surface area contributed by atoms with Gasteiger partial charge in [0.2, 0.25) is 0 Å². The fraction of sp³-hybridized carbons (Fsp3) is 0. The first kappa shape index (κ1) is 34.3. The van der Waals surface area contributed by atoms with E-state index in [0.29, 0.717) is 0 Å². The van der Waals surface area contributed by atoms with Gasteiger partial charge in [-0.1, -0.05) is 31.9 Å². The summed E-state index contributed by atoms with van der Waals surface area (Å²) in [5.74, 6) is 0. The van der Waals surface area contributed by atoms with Gasteiger partial charge in [0, 0.05) is 21.3 Å². The molecule has 2 aromatic heterocycles. The molecule has 0 aliphatic rings. The fourth-order valence-corrected chi connectivity index (χ4v) is 2.77. The standard InChI is InChI=1S/2C5H3Br2N.4ClH.Cu/c2*6-4-1-2-8-5(7)3-4;;;;;/h2*1-3H;4*1H;/q;;;;;;+2/p-2. The van der Waals surface area contributed by atoms with Crippen LogP contribution >= 0.6 is 63.7 Å². The molecule has 0 bridgehead atoms. The molecule has 2 aromatic rings. The van der Waals surface area contributed by atoms with E-state index in [2.05, 4.69) is 73.7 Å². The van der Waals surface area contributed by atoms with Crippen LogP contribution in [0, 0.1) is 0 Å². The summed E-state index contributed by atoms with van der Waals surface area (Å²) in [5, 5.41) is 0. The van der Waals surface area contributed by atoms with Crippen LogP contribution < -0.4 is 49.6 Å². The van der Waals surface area contributed by atoms with E-state index in [9.17, 15) is 0 Å². The molecular formula is C10H8Br4Cl4CuN2. The summed E-state index contributed by atoms with van der Waals surface area (Å²) in [5.41, 5.74) is 0. The van der Waals surface area contributed by atoms with Gasteiger partial charge in [0.05, 0.1) is 0 Å². The maximum absolute atomic E-state index is 3.93. The Kier molecular flexibility index (Phi) is 32.6. The van der Waals surface area contributed by atoms with Crippen molar-refractivity contribution in [2.24, 2.45) is 0 Å². The van der Waals surface area contributed by atoms with E-state index in [-0.39, 0.29) is 69.6 Å². The van der Waals surface area contributed by atoms with Crippen molar-refractivity contribution in [1.29, 1.82) is 0 Å². The second-order valence-corrected chi connectivity index (χ2v) is 6.05. The van der Waals surface area contributed by atoms with Crippen molar-refractivity contribution in [3.05, 3.63) is 54.8 Å². The smallest absolute Gasteiger partial charge is 1.00 e. The summed E-state index contributed by atoms with van der Waals surface area (Å²) in [7, 11) is 0. The maximum atomic E-state index is 3.93. The Morgan fingerprint density at radius 2 is 0.952 bits per heavy atom. The minimum Gasteiger partial charge on any atom is -1.00 e. The summed E-state index contributed by atoms with van der Waals surface area (Å²) in [6, 6.07) is 7.54. The van der Waals surface area contributed by atoms with Crippen LogP contribution in [0.4, 0.5) is 0 Å². The first-order valence-corrected chi connectivity index (χ1v) is 7.29. The van der Waals surface area contributed by atoms with Crippen LogP contribution in [0.25, 0.3) is 0 Å². The molecule has 0 amide bonds. The van der Waals surface area contributed by atoms with Crippen LogP contribution in [0.5, 0.6) is 0 Å². The van der Waals surface area contributed by atoms with Gasteiger partial charge < -0.3 is 49.6 Å². The van der Waals surface area contributed by atoms with E-state index in [1.54, 1.807) is 12.4 Å². The van der Waals surface area contributed by atoms with Crippen molar-refractivity contribution in [1.82, 2.24) is 9.97 Å². The molecule has 2 nitrogen and oxygen atoms in total. The molecule has 0 aliphatic carbocycles. The Labute approximate surface area is 196 Å². The van der Waals surface area contributed by atoms with Gasteiger partial charge in [0.25, 0.3) is 0 Å². The summed E-state index contributed by atoms with van der Waals surface area (Å²) in [6.45, 7) is 0. The van der Waals surface area contributed by atoms with Crippen LogP contribution in [0.15, 0.2) is 54.8 Å². The van der Waals surface area contributed by atoms with Gasteiger partial charge in [-0.15, -0.1) is 0 Å². The van der Waals surface area contributed by atoms with E-state index < -0.39 is 0 Å². The molecule has 125 valence electrons. The Morgan fingerprint density at radius 3 is 1.10 bits per heavy atom. The number of pyridine rings is 2. The number of rotatable bonds is 0. The number of aromatic nitrogens is 2. The molecule has 21 heavy (non-hydrogen) atoms. The maximum Gasteiger partial charge on any atom is 2.00 e. The molecule has 0 N–H and O–H groups in total. The van der Waals surface area contributed by atoms with Crippen LogP contribution in [0.3, 0.4) is 0 Å². The monoisotopic (exact) mass is 675 g/mol. The molecule has 11 heteroatoms. The van der Waals surface area contributed by atoms with Crippen LogP contribution in [0.1, 0.15) is 2.85 Å². The molecular weight excluding hydrogens is 673 g/mol. The second kappa shape index (κ2) is 19.9. The second-order valence-electron chi connectivity index (χ2n) is 2.59. The van der Waals surface area contributed by atoms with E-state index in [1.807, 2.05) is 24.3 Å². The minimum atomic E-state index is 0. The average molecular weight is 681 g/mol. The zero-order valence-electron chi connectivity index (χ0n) is 11.7. The Balaban J connectivity index is -0.0000000341. The molecule has 1 radical (unpaired) electrons. The van der Waals surface area contributed by atoms with Crippen molar-refractivity contribution >= 4 is 63.7 Å². The van der Waals surface area contributed by atoms with E-state index in [0.717, 1.165) is 18.2 Å². The molecule has 2 heterocycles.